The van der Waals surface area contributed by atoms with E-state index in [1.807, 2.05) is 0 Å². The normalized spacial score (nSPS) is 21.6. The molecule has 1 atom stereocenters. The van der Waals surface area contributed by atoms with Gasteiger partial charge in [0.1, 0.15) is 5.88 Å². The van der Waals surface area contributed by atoms with Gasteiger partial charge in [-0.05, 0) is 18.1 Å². The Labute approximate surface area is 105 Å². The number of alkyl halides is 1. The van der Waals surface area contributed by atoms with Crippen molar-refractivity contribution in [3.63, 3.8) is 0 Å². The first-order valence-corrected chi connectivity index (χ1v) is 7.40. The quantitative estimate of drug-likeness (QED) is 0.825. The van der Waals surface area contributed by atoms with Gasteiger partial charge in [0.25, 0.3) is 0 Å². The molecule has 0 radical (unpaired) electrons. The summed E-state index contributed by atoms with van der Waals surface area (Å²) >= 11 is 5.42. The Bertz CT molecular complexity index is 541. The van der Waals surface area contributed by atoms with Crippen LogP contribution in [0.15, 0.2) is 29.2 Å². The van der Waals surface area contributed by atoms with Gasteiger partial charge in [-0.25, -0.2) is 8.42 Å². The highest BCUT2D eigenvalue weighted by Gasteiger charge is 2.30. The first-order chi connectivity index (χ1) is 8.04. The van der Waals surface area contributed by atoms with Crippen LogP contribution >= 0.6 is 11.6 Å². The SMILES string of the molecule is O=C(CCl)N[C@H]1CCS(=O)(=O)c2ccccc21. The number of hydrogen-bond acceptors (Lipinski definition) is 3. The molecule has 0 aromatic heterocycles. The van der Waals surface area contributed by atoms with Crippen molar-refractivity contribution in [2.45, 2.75) is 17.4 Å². The molecule has 1 heterocycles. The van der Waals surface area contributed by atoms with E-state index in [1.165, 1.54) is 0 Å². The van der Waals surface area contributed by atoms with Crippen LogP contribution in [0.25, 0.3) is 0 Å². The number of halogens is 1. The molecule has 1 aromatic carbocycles. The van der Waals surface area contributed by atoms with Crippen LogP contribution in [0.1, 0.15) is 18.0 Å². The molecule has 17 heavy (non-hydrogen) atoms. The molecule has 92 valence electrons. The fourth-order valence-corrected chi connectivity index (χ4v) is 3.67. The monoisotopic (exact) mass is 273 g/mol. The van der Waals surface area contributed by atoms with Crippen LogP contribution in [0.4, 0.5) is 0 Å². The molecule has 4 nitrogen and oxygen atoms in total. The topological polar surface area (TPSA) is 63.2 Å². The summed E-state index contributed by atoms with van der Waals surface area (Å²) in [5.41, 5.74) is 0.650. The van der Waals surface area contributed by atoms with E-state index >= 15 is 0 Å². The number of carbonyl (C=O) groups is 1. The van der Waals surface area contributed by atoms with Gasteiger partial charge in [-0.15, -0.1) is 11.6 Å². The summed E-state index contributed by atoms with van der Waals surface area (Å²) < 4.78 is 23.7. The van der Waals surface area contributed by atoms with Gasteiger partial charge in [-0.2, -0.15) is 0 Å². The Morgan fingerprint density at radius 1 is 1.41 bits per heavy atom. The molecular weight excluding hydrogens is 262 g/mol. The predicted molar refractivity (Wildman–Crippen MR) is 64.7 cm³/mol. The Kier molecular flexibility index (Phi) is 3.40. The number of amides is 1. The third kappa shape index (κ3) is 2.45. The lowest BCUT2D eigenvalue weighted by Gasteiger charge is -2.25. The number of hydrogen-bond donors (Lipinski definition) is 1. The van der Waals surface area contributed by atoms with Gasteiger partial charge >= 0.3 is 0 Å². The third-order valence-corrected chi connectivity index (χ3v) is 4.82. The largest absolute Gasteiger partial charge is 0.348 e. The van der Waals surface area contributed by atoms with Crippen LogP contribution in [0.5, 0.6) is 0 Å². The van der Waals surface area contributed by atoms with Crippen LogP contribution < -0.4 is 5.32 Å². The fourth-order valence-electron chi connectivity index (χ4n) is 1.97. The van der Waals surface area contributed by atoms with Crippen molar-refractivity contribution in [2.24, 2.45) is 0 Å². The van der Waals surface area contributed by atoms with Crippen LogP contribution in [0, 0.1) is 0 Å². The average Bonchev–Trinajstić information content (AvgIpc) is 2.33. The Hall–Kier alpha value is -1.07. The zero-order valence-electron chi connectivity index (χ0n) is 9.02. The molecule has 1 amide bonds. The van der Waals surface area contributed by atoms with Gasteiger partial charge in [0, 0.05) is 0 Å². The lowest BCUT2D eigenvalue weighted by Crippen LogP contribution is -2.34. The second-order valence-corrected chi connectivity index (χ2v) is 6.24. The van der Waals surface area contributed by atoms with E-state index in [-0.39, 0.29) is 23.6 Å². The van der Waals surface area contributed by atoms with E-state index in [4.69, 9.17) is 11.6 Å². The lowest BCUT2D eigenvalue weighted by atomic mass is 10.0. The van der Waals surface area contributed by atoms with Crippen molar-refractivity contribution in [1.82, 2.24) is 5.32 Å². The maximum atomic E-state index is 11.8. The number of benzene rings is 1. The van der Waals surface area contributed by atoms with Gasteiger partial charge in [-0.3, -0.25) is 4.79 Å². The maximum absolute atomic E-state index is 11.8. The van der Waals surface area contributed by atoms with Gasteiger partial charge in [0.15, 0.2) is 9.84 Å². The number of carbonyl (C=O) groups excluding carboxylic acids is 1. The summed E-state index contributed by atoms with van der Waals surface area (Å²) in [6, 6.07) is 6.48. The minimum Gasteiger partial charge on any atom is -0.348 e. The van der Waals surface area contributed by atoms with Crippen LogP contribution in [-0.2, 0) is 14.6 Å². The molecule has 0 saturated carbocycles. The summed E-state index contributed by atoms with van der Waals surface area (Å²) in [6.07, 6.45) is 0.391. The van der Waals surface area contributed by atoms with Crippen molar-refractivity contribution in [3.8, 4) is 0 Å². The first-order valence-electron chi connectivity index (χ1n) is 5.21. The average molecular weight is 274 g/mol. The summed E-state index contributed by atoms with van der Waals surface area (Å²) in [6.45, 7) is 0. The lowest BCUT2D eigenvalue weighted by molar-refractivity contribution is -0.119. The molecule has 0 saturated heterocycles. The third-order valence-electron chi connectivity index (χ3n) is 2.76. The van der Waals surface area contributed by atoms with Crippen molar-refractivity contribution < 1.29 is 13.2 Å². The molecule has 0 fully saturated rings. The number of nitrogens with one attached hydrogen (secondary N) is 1. The molecule has 1 aliphatic rings. The first kappa shape index (κ1) is 12.4. The zero-order valence-corrected chi connectivity index (χ0v) is 10.6. The van der Waals surface area contributed by atoms with Crippen LogP contribution in [0.3, 0.4) is 0 Å². The summed E-state index contributed by atoms with van der Waals surface area (Å²) in [4.78, 5) is 11.6. The van der Waals surface area contributed by atoms with Crippen molar-refractivity contribution in [2.75, 3.05) is 11.6 Å². The van der Waals surface area contributed by atoms with E-state index in [9.17, 15) is 13.2 Å². The second-order valence-electron chi connectivity index (χ2n) is 3.90. The van der Waals surface area contributed by atoms with E-state index in [0.29, 0.717) is 16.9 Å². The second kappa shape index (κ2) is 4.66. The Balaban J connectivity index is 2.38. The minimum absolute atomic E-state index is 0.0528. The fraction of sp³-hybridized carbons (Fsp3) is 0.364. The molecule has 1 aromatic rings. The summed E-state index contributed by atoms with van der Waals surface area (Å²) in [5, 5.41) is 2.73. The molecule has 0 spiro atoms. The molecular formula is C11H12ClNO3S. The highest BCUT2D eigenvalue weighted by molar-refractivity contribution is 7.91. The molecule has 0 aliphatic carbocycles. The van der Waals surface area contributed by atoms with Crippen molar-refractivity contribution >= 4 is 27.3 Å². The minimum atomic E-state index is -3.20. The Morgan fingerprint density at radius 2 is 2.12 bits per heavy atom. The summed E-state index contributed by atoms with van der Waals surface area (Å²) in [5.74, 6) is -0.353. The maximum Gasteiger partial charge on any atom is 0.235 e. The molecule has 1 aliphatic heterocycles. The number of fused-ring (bicyclic) bond motifs is 1. The molecule has 2 rings (SSSR count). The number of rotatable bonds is 2. The van der Waals surface area contributed by atoms with E-state index in [1.54, 1.807) is 24.3 Å². The van der Waals surface area contributed by atoms with Crippen LogP contribution in [-0.4, -0.2) is 26.0 Å². The molecule has 1 N–H and O–H groups in total. The molecule has 6 heteroatoms. The van der Waals surface area contributed by atoms with E-state index < -0.39 is 9.84 Å². The van der Waals surface area contributed by atoms with E-state index in [0.717, 1.165) is 0 Å². The van der Waals surface area contributed by atoms with Gasteiger partial charge in [0.05, 0.1) is 16.7 Å². The zero-order chi connectivity index (χ0) is 12.5. The van der Waals surface area contributed by atoms with Gasteiger partial charge in [-0.1, -0.05) is 18.2 Å². The van der Waals surface area contributed by atoms with Gasteiger partial charge < -0.3 is 5.32 Å². The highest BCUT2D eigenvalue weighted by atomic mass is 35.5. The molecule has 0 unspecified atom stereocenters. The van der Waals surface area contributed by atoms with Crippen molar-refractivity contribution in [1.29, 1.82) is 0 Å². The van der Waals surface area contributed by atoms with E-state index in [2.05, 4.69) is 5.32 Å². The molecule has 0 bridgehead atoms. The van der Waals surface area contributed by atoms with Gasteiger partial charge in [0.2, 0.25) is 5.91 Å². The summed E-state index contributed by atoms with van der Waals surface area (Å²) in [7, 11) is -3.20. The standard InChI is InChI=1S/C11H12ClNO3S/c12-7-11(14)13-9-5-6-17(15,16)10-4-2-1-3-8(9)10/h1-4,9H,5-7H2,(H,13,14)/t9-/m0/s1. The smallest absolute Gasteiger partial charge is 0.235 e. The highest BCUT2D eigenvalue weighted by Crippen LogP contribution is 2.31. The number of sulfone groups is 1. The van der Waals surface area contributed by atoms with Crippen LogP contribution in [0.2, 0.25) is 0 Å². The van der Waals surface area contributed by atoms with Crippen molar-refractivity contribution in [3.05, 3.63) is 29.8 Å². The Morgan fingerprint density at radius 3 is 2.82 bits per heavy atom. The predicted octanol–water partition coefficient (Wildman–Crippen LogP) is 1.26.